The summed E-state index contributed by atoms with van der Waals surface area (Å²) in [6.45, 7) is 0.580. The van der Waals surface area contributed by atoms with Crippen molar-refractivity contribution in [2.45, 2.75) is 12.7 Å². The minimum absolute atomic E-state index is 0.0854. The fraction of sp³-hybridized carbons (Fsp3) is 0.400. The third-order valence-corrected chi connectivity index (χ3v) is 3.16. The lowest BCUT2D eigenvalue weighted by molar-refractivity contribution is 0.0694. The maximum atomic E-state index is 9.80. The largest absolute Gasteiger partial charge is 0.392 e. The molecule has 5 nitrogen and oxygen atoms in total. The zero-order valence-corrected chi connectivity index (χ0v) is 11.8. The minimum Gasteiger partial charge on any atom is -0.392 e. The van der Waals surface area contributed by atoms with Gasteiger partial charge in [-0.2, -0.15) is 0 Å². The van der Waals surface area contributed by atoms with Gasteiger partial charge in [-0.1, -0.05) is 18.2 Å². The third kappa shape index (κ3) is 3.25. The van der Waals surface area contributed by atoms with Gasteiger partial charge in [-0.3, -0.25) is 0 Å². The number of rotatable bonds is 6. The number of para-hydroxylation sites is 1. The molecule has 0 spiro atoms. The maximum Gasteiger partial charge on any atom is 0.134 e. The van der Waals surface area contributed by atoms with Crippen LogP contribution in [0.3, 0.4) is 0 Å². The molecule has 2 aromatic rings. The van der Waals surface area contributed by atoms with Gasteiger partial charge in [-0.05, 0) is 12.1 Å². The molecule has 1 unspecified atom stereocenters. The van der Waals surface area contributed by atoms with Crippen LogP contribution in [-0.2, 0) is 11.3 Å². The van der Waals surface area contributed by atoms with E-state index in [1.165, 1.54) is 0 Å². The zero-order valence-electron chi connectivity index (χ0n) is 11.8. The van der Waals surface area contributed by atoms with E-state index in [1.807, 2.05) is 42.3 Å². The molecule has 0 aliphatic rings. The first-order valence-electron chi connectivity index (χ1n) is 6.53. The molecule has 0 amide bonds. The molecule has 0 saturated heterocycles. The predicted molar refractivity (Wildman–Crippen MR) is 78.8 cm³/mol. The Hall–Kier alpha value is -1.69. The van der Waals surface area contributed by atoms with Gasteiger partial charge < -0.3 is 19.8 Å². The summed E-state index contributed by atoms with van der Waals surface area (Å²) in [6.07, 6.45) is -0.593. The molecule has 0 saturated carbocycles. The number of nitrogens with zero attached hydrogens (tertiary/aromatic N) is 2. The zero-order chi connectivity index (χ0) is 14.5. The molecule has 0 aliphatic carbocycles. The summed E-state index contributed by atoms with van der Waals surface area (Å²) in [5.74, 6) is 0.682. The fourth-order valence-corrected chi connectivity index (χ4v) is 2.24. The Labute approximate surface area is 118 Å². The molecular formula is C15H20N2O3. The average Bonchev–Trinajstić information content (AvgIpc) is 2.45. The summed E-state index contributed by atoms with van der Waals surface area (Å²) in [5.41, 5.74) is 1.61. The Balaban J connectivity index is 2.31. The van der Waals surface area contributed by atoms with Crippen LogP contribution in [0.4, 0.5) is 5.82 Å². The second-order valence-corrected chi connectivity index (χ2v) is 4.81. The highest BCUT2D eigenvalue weighted by Gasteiger charge is 2.14. The molecule has 5 heteroatoms. The smallest absolute Gasteiger partial charge is 0.134 e. The number of fused-ring (bicyclic) bond motifs is 1. The van der Waals surface area contributed by atoms with Crippen molar-refractivity contribution in [1.82, 2.24) is 4.98 Å². The van der Waals surface area contributed by atoms with Gasteiger partial charge in [0.05, 0.1) is 24.8 Å². The SMILES string of the molecule is COCC(O)CN(C)c1nc2ccccc2cc1CO. The highest BCUT2D eigenvalue weighted by atomic mass is 16.5. The van der Waals surface area contributed by atoms with Gasteiger partial charge in [0.25, 0.3) is 0 Å². The first kappa shape index (κ1) is 14.7. The van der Waals surface area contributed by atoms with Crippen molar-refractivity contribution in [3.05, 3.63) is 35.9 Å². The molecule has 1 aromatic heterocycles. The predicted octanol–water partition coefficient (Wildman–Crippen LogP) is 1.17. The van der Waals surface area contributed by atoms with Gasteiger partial charge >= 0.3 is 0 Å². The average molecular weight is 276 g/mol. The van der Waals surface area contributed by atoms with E-state index in [4.69, 9.17) is 4.74 Å². The lowest BCUT2D eigenvalue weighted by Crippen LogP contribution is -2.33. The Morgan fingerprint density at radius 1 is 1.35 bits per heavy atom. The van der Waals surface area contributed by atoms with Crippen LogP contribution < -0.4 is 4.90 Å². The summed E-state index contributed by atoms with van der Waals surface area (Å²) < 4.78 is 4.92. The van der Waals surface area contributed by atoms with Crippen LogP contribution in [0.2, 0.25) is 0 Å². The molecule has 108 valence electrons. The Morgan fingerprint density at radius 3 is 2.80 bits per heavy atom. The molecule has 1 atom stereocenters. The number of benzene rings is 1. The van der Waals surface area contributed by atoms with E-state index in [0.29, 0.717) is 12.4 Å². The van der Waals surface area contributed by atoms with Gasteiger partial charge in [0.1, 0.15) is 5.82 Å². The maximum absolute atomic E-state index is 9.80. The molecular weight excluding hydrogens is 256 g/mol. The standard InChI is InChI=1S/C15H20N2O3/c1-17(8-13(19)10-20-2)15-12(9-18)7-11-5-3-4-6-14(11)16-15/h3-7,13,18-19H,8-10H2,1-2H3. The van der Waals surface area contributed by atoms with E-state index in [2.05, 4.69) is 4.98 Å². The first-order valence-corrected chi connectivity index (χ1v) is 6.53. The molecule has 0 aliphatic heterocycles. The number of aliphatic hydroxyl groups is 2. The molecule has 2 rings (SSSR count). The number of aliphatic hydroxyl groups excluding tert-OH is 2. The number of methoxy groups -OCH3 is 1. The normalized spacial score (nSPS) is 12.6. The summed E-state index contributed by atoms with van der Waals surface area (Å²) in [7, 11) is 3.39. The quantitative estimate of drug-likeness (QED) is 0.829. The van der Waals surface area contributed by atoms with Crippen molar-refractivity contribution < 1.29 is 14.9 Å². The third-order valence-electron chi connectivity index (χ3n) is 3.16. The Kier molecular flexibility index (Phi) is 4.89. The second-order valence-electron chi connectivity index (χ2n) is 4.81. The number of hydrogen-bond acceptors (Lipinski definition) is 5. The van der Waals surface area contributed by atoms with Crippen LogP contribution in [0, 0.1) is 0 Å². The van der Waals surface area contributed by atoms with Gasteiger partial charge in [0, 0.05) is 31.7 Å². The molecule has 1 aromatic carbocycles. The minimum atomic E-state index is -0.593. The number of aromatic nitrogens is 1. The number of ether oxygens (including phenoxy) is 1. The van der Waals surface area contributed by atoms with Crippen LogP contribution >= 0.6 is 0 Å². The van der Waals surface area contributed by atoms with Crippen LogP contribution in [0.1, 0.15) is 5.56 Å². The van der Waals surface area contributed by atoms with E-state index in [1.54, 1.807) is 7.11 Å². The molecule has 20 heavy (non-hydrogen) atoms. The lowest BCUT2D eigenvalue weighted by Gasteiger charge is -2.23. The lowest BCUT2D eigenvalue weighted by atomic mass is 10.1. The van der Waals surface area contributed by atoms with Crippen molar-refractivity contribution in [3.63, 3.8) is 0 Å². The van der Waals surface area contributed by atoms with E-state index in [9.17, 15) is 10.2 Å². The highest BCUT2D eigenvalue weighted by Crippen LogP contribution is 2.23. The van der Waals surface area contributed by atoms with Crippen LogP contribution in [0.25, 0.3) is 10.9 Å². The van der Waals surface area contributed by atoms with Gasteiger partial charge in [0.2, 0.25) is 0 Å². The van der Waals surface area contributed by atoms with E-state index in [0.717, 1.165) is 16.5 Å². The summed E-state index contributed by atoms with van der Waals surface area (Å²) in [4.78, 5) is 6.41. The Morgan fingerprint density at radius 2 is 2.10 bits per heavy atom. The second kappa shape index (κ2) is 6.65. The topological polar surface area (TPSA) is 65.8 Å². The van der Waals surface area contributed by atoms with Crippen LogP contribution in [0.5, 0.6) is 0 Å². The Bertz CT molecular complexity index is 574. The van der Waals surface area contributed by atoms with Crippen molar-refractivity contribution in [1.29, 1.82) is 0 Å². The molecule has 0 bridgehead atoms. The number of anilines is 1. The van der Waals surface area contributed by atoms with Crippen molar-refractivity contribution >= 4 is 16.7 Å². The number of hydrogen-bond donors (Lipinski definition) is 2. The van der Waals surface area contributed by atoms with E-state index >= 15 is 0 Å². The van der Waals surface area contributed by atoms with Crippen molar-refractivity contribution in [3.8, 4) is 0 Å². The monoisotopic (exact) mass is 276 g/mol. The van der Waals surface area contributed by atoms with Crippen molar-refractivity contribution in [2.24, 2.45) is 0 Å². The van der Waals surface area contributed by atoms with E-state index < -0.39 is 6.10 Å². The summed E-state index contributed by atoms with van der Waals surface area (Å²) >= 11 is 0. The summed E-state index contributed by atoms with van der Waals surface area (Å²) in [5, 5.41) is 20.3. The molecule has 0 radical (unpaired) electrons. The van der Waals surface area contributed by atoms with Crippen LogP contribution in [0.15, 0.2) is 30.3 Å². The van der Waals surface area contributed by atoms with Crippen LogP contribution in [-0.4, -0.2) is 48.6 Å². The van der Waals surface area contributed by atoms with Gasteiger partial charge in [0.15, 0.2) is 0 Å². The summed E-state index contributed by atoms with van der Waals surface area (Å²) in [6, 6.07) is 9.69. The number of likely N-dealkylation sites (N-methyl/N-ethyl adjacent to an activating group) is 1. The van der Waals surface area contributed by atoms with Gasteiger partial charge in [-0.25, -0.2) is 4.98 Å². The van der Waals surface area contributed by atoms with Gasteiger partial charge in [-0.15, -0.1) is 0 Å². The fourth-order valence-electron chi connectivity index (χ4n) is 2.24. The first-order chi connectivity index (χ1) is 9.65. The highest BCUT2D eigenvalue weighted by molar-refractivity contribution is 5.81. The van der Waals surface area contributed by atoms with Crippen molar-refractivity contribution in [2.75, 3.05) is 32.2 Å². The van der Waals surface area contributed by atoms with E-state index in [-0.39, 0.29) is 13.2 Å². The number of pyridine rings is 1. The molecule has 1 heterocycles. The molecule has 2 N–H and O–H groups in total. The molecule has 0 fully saturated rings.